The average Bonchev–Trinajstić information content (AvgIpc) is 2.53. The topological polar surface area (TPSA) is 35.5 Å². The Hall–Kier alpha value is -0.830. The molecule has 5 rings (SSSR count). The van der Waals surface area contributed by atoms with Gasteiger partial charge in [-0.1, -0.05) is 13.8 Å². The van der Waals surface area contributed by atoms with Crippen molar-refractivity contribution < 1.29 is 14.3 Å². The first-order valence-corrected chi connectivity index (χ1v) is 10.8. The maximum atomic E-state index is 11.9. The van der Waals surface area contributed by atoms with E-state index < -0.39 is 0 Å². The van der Waals surface area contributed by atoms with Crippen molar-refractivity contribution in [3.8, 4) is 0 Å². The summed E-state index contributed by atoms with van der Waals surface area (Å²) in [4.78, 5) is 11.9. The van der Waals surface area contributed by atoms with Crippen LogP contribution in [0.4, 0.5) is 0 Å². The van der Waals surface area contributed by atoms with Crippen LogP contribution in [0.3, 0.4) is 0 Å². The minimum absolute atomic E-state index is 0.00352. The molecule has 5 unspecified atom stereocenters. The molecule has 146 valence electrons. The summed E-state index contributed by atoms with van der Waals surface area (Å²) in [5.41, 5.74) is 1.41. The van der Waals surface area contributed by atoms with Crippen LogP contribution in [0, 0.1) is 29.6 Å². The molecule has 3 heteroatoms. The van der Waals surface area contributed by atoms with Crippen molar-refractivity contribution in [3.05, 3.63) is 11.3 Å². The Morgan fingerprint density at radius 2 is 2.04 bits per heavy atom. The summed E-state index contributed by atoms with van der Waals surface area (Å²) < 4.78 is 12.9. The van der Waals surface area contributed by atoms with Crippen LogP contribution in [0.5, 0.6) is 0 Å². The van der Waals surface area contributed by atoms with Crippen LogP contribution >= 0.6 is 0 Å². The van der Waals surface area contributed by atoms with Gasteiger partial charge in [-0.3, -0.25) is 4.79 Å². The van der Waals surface area contributed by atoms with Crippen molar-refractivity contribution in [1.29, 1.82) is 0 Å². The lowest BCUT2D eigenvalue weighted by Crippen LogP contribution is -2.65. The number of carbonyl (C=O) groups excluding carboxylic acids is 1. The monoisotopic (exact) mass is 360 g/mol. The number of fused-ring (bicyclic) bond motifs is 1. The molecule has 0 aromatic carbocycles. The van der Waals surface area contributed by atoms with Crippen LogP contribution in [-0.2, 0) is 14.3 Å². The second-order valence-electron chi connectivity index (χ2n) is 10.4. The van der Waals surface area contributed by atoms with E-state index in [9.17, 15) is 4.79 Å². The lowest BCUT2D eigenvalue weighted by atomic mass is 9.47. The van der Waals surface area contributed by atoms with Gasteiger partial charge in [-0.15, -0.1) is 0 Å². The van der Waals surface area contributed by atoms with Crippen LogP contribution in [0.15, 0.2) is 11.3 Å². The molecule has 0 amide bonds. The Labute approximate surface area is 158 Å². The van der Waals surface area contributed by atoms with Gasteiger partial charge in [0.15, 0.2) is 0 Å². The molecule has 4 aliphatic carbocycles. The van der Waals surface area contributed by atoms with E-state index in [1.54, 1.807) is 6.92 Å². The molecular weight excluding hydrogens is 324 g/mol. The molecule has 26 heavy (non-hydrogen) atoms. The number of rotatable bonds is 4. The Morgan fingerprint density at radius 1 is 1.27 bits per heavy atom. The van der Waals surface area contributed by atoms with Gasteiger partial charge in [0.1, 0.15) is 5.76 Å². The maximum Gasteiger partial charge on any atom is 0.307 e. The zero-order valence-electron chi connectivity index (χ0n) is 17.3. The molecule has 0 radical (unpaired) electrons. The largest absolute Gasteiger partial charge is 0.431 e. The van der Waals surface area contributed by atoms with Crippen LogP contribution in [0.1, 0.15) is 86.0 Å². The third-order valence-electron chi connectivity index (χ3n) is 7.60. The number of hydrogen-bond acceptors (Lipinski definition) is 3. The van der Waals surface area contributed by atoms with Crippen molar-refractivity contribution in [2.75, 3.05) is 0 Å². The van der Waals surface area contributed by atoms with Crippen LogP contribution < -0.4 is 0 Å². The molecule has 3 saturated carbocycles. The summed E-state index contributed by atoms with van der Waals surface area (Å²) in [6.07, 6.45) is 9.48. The Bertz CT molecular complexity index is 617. The lowest BCUT2D eigenvalue weighted by Gasteiger charge is -2.65. The van der Waals surface area contributed by atoms with E-state index in [1.807, 2.05) is 0 Å². The fourth-order valence-corrected chi connectivity index (χ4v) is 6.73. The summed E-state index contributed by atoms with van der Waals surface area (Å²) in [6, 6.07) is 0. The molecule has 4 bridgehead atoms. The third kappa shape index (κ3) is 2.95. The molecule has 1 saturated heterocycles. The van der Waals surface area contributed by atoms with Gasteiger partial charge in [0, 0.05) is 18.8 Å². The van der Waals surface area contributed by atoms with Gasteiger partial charge in [-0.2, -0.15) is 0 Å². The third-order valence-corrected chi connectivity index (χ3v) is 7.60. The van der Waals surface area contributed by atoms with Crippen LogP contribution in [-0.4, -0.2) is 17.2 Å². The van der Waals surface area contributed by atoms with E-state index in [0.29, 0.717) is 23.7 Å². The highest BCUT2D eigenvalue weighted by atomic mass is 16.5. The van der Waals surface area contributed by atoms with Crippen molar-refractivity contribution in [2.45, 2.75) is 97.2 Å². The first-order chi connectivity index (χ1) is 12.2. The average molecular weight is 361 g/mol. The van der Waals surface area contributed by atoms with Gasteiger partial charge in [0.05, 0.1) is 11.2 Å². The maximum absolute atomic E-state index is 11.9. The zero-order valence-corrected chi connectivity index (χ0v) is 17.3. The zero-order chi connectivity index (χ0) is 18.7. The van der Waals surface area contributed by atoms with E-state index in [4.69, 9.17) is 9.47 Å². The number of esters is 1. The Balaban J connectivity index is 1.79. The molecule has 1 aliphatic heterocycles. The molecular formula is C23H36O3. The van der Waals surface area contributed by atoms with E-state index in [1.165, 1.54) is 37.7 Å². The van der Waals surface area contributed by atoms with Gasteiger partial charge in [0.2, 0.25) is 0 Å². The SMILES string of the molecule is CC(=O)OC1=C(CCC(C)C)C2CCC(C)(C)OC23CC2CCC3C1C2. The molecule has 0 N–H and O–H groups in total. The summed E-state index contributed by atoms with van der Waals surface area (Å²) in [7, 11) is 0. The minimum Gasteiger partial charge on any atom is -0.431 e. The molecule has 3 nitrogen and oxygen atoms in total. The first kappa shape index (κ1) is 18.5. The molecule has 5 atom stereocenters. The highest BCUT2D eigenvalue weighted by molar-refractivity contribution is 5.67. The van der Waals surface area contributed by atoms with E-state index in [2.05, 4.69) is 27.7 Å². The second kappa shape index (κ2) is 6.36. The van der Waals surface area contributed by atoms with Gasteiger partial charge < -0.3 is 9.47 Å². The van der Waals surface area contributed by atoms with Crippen molar-refractivity contribution >= 4 is 5.97 Å². The van der Waals surface area contributed by atoms with Gasteiger partial charge in [0.25, 0.3) is 0 Å². The number of ether oxygens (including phenoxy) is 2. The molecule has 4 fully saturated rings. The quantitative estimate of drug-likeness (QED) is 0.609. The summed E-state index contributed by atoms with van der Waals surface area (Å²) >= 11 is 0. The number of allylic oxidation sites excluding steroid dienone is 1. The van der Waals surface area contributed by atoms with Crippen molar-refractivity contribution in [3.63, 3.8) is 0 Å². The number of carbonyl (C=O) groups is 1. The van der Waals surface area contributed by atoms with E-state index in [0.717, 1.165) is 30.9 Å². The smallest absolute Gasteiger partial charge is 0.307 e. The predicted molar refractivity (Wildman–Crippen MR) is 102 cm³/mol. The van der Waals surface area contributed by atoms with Crippen LogP contribution in [0.2, 0.25) is 0 Å². The van der Waals surface area contributed by atoms with Gasteiger partial charge in [-0.25, -0.2) is 0 Å². The van der Waals surface area contributed by atoms with Gasteiger partial charge in [-0.05, 0) is 88.5 Å². The normalized spacial score (nSPS) is 40.5. The molecule has 1 spiro atoms. The van der Waals surface area contributed by atoms with Gasteiger partial charge >= 0.3 is 5.97 Å². The molecule has 1 heterocycles. The van der Waals surface area contributed by atoms with Crippen molar-refractivity contribution in [2.24, 2.45) is 29.6 Å². The molecule has 0 aromatic heterocycles. The second-order valence-corrected chi connectivity index (χ2v) is 10.4. The first-order valence-electron chi connectivity index (χ1n) is 10.8. The highest BCUT2D eigenvalue weighted by Crippen LogP contribution is 2.65. The summed E-state index contributed by atoms with van der Waals surface area (Å²) in [5, 5.41) is 0. The summed E-state index contributed by atoms with van der Waals surface area (Å²) in [6.45, 7) is 10.7. The fraction of sp³-hybridized carbons (Fsp3) is 0.870. The van der Waals surface area contributed by atoms with E-state index in [-0.39, 0.29) is 17.2 Å². The minimum atomic E-state index is -0.145. The number of hydrogen-bond donors (Lipinski definition) is 0. The lowest BCUT2D eigenvalue weighted by molar-refractivity contribution is -0.269. The molecule has 5 aliphatic rings. The Kier molecular flexibility index (Phi) is 4.53. The van der Waals surface area contributed by atoms with Crippen LogP contribution in [0.25, 0.3) is 0 Å². The van der Waals surface area contributed by atoms with E-state index >= 15 is 0 Å². The van der Waals surface area contributed by atoms with Crippen molar-refractivity contribution in [1.82, 2.24) is 0 Å². The highest BCUT2D eigenvalue weighted by Gasteiger charge is 2.64. The predicted octanol–water partition coefficient (Wildman–Crippen LogP) is 5.63. The summed E-state index contributed by atoms with van der Waals surface area (Å²) in [5.74, 6) is 3.71. The Morgan fingerprint density at radius 3 is 2.69 bits per heavy atom. The molecule has 0 aromatic rings. The fourth-order valence-electron chi connectivity index (χ4n) is 6.73. The standard InChI is InChI=1S/C23H36O3/c1-14(2)6-8-17-20-10-11-22(4,5)26-23(20)13-16-7-9-19(23)18(12-16)21(17)25-15(3)24/h14,16,18-20H,6-13H2,1-5H3.